The molecule has 0 aromatic heterocycles. The fourth-order valence-corrected chi connectivity index (χ4v) is 2.06. The molecular weight excluding hydrogens is 254 g/mol. The molecule has 1 N–H and O–H groups in total. The maximum Gasteiger partial charge on any atom is 0.203 e. The van der Waals surface area contributed by atoms with Crippen LogP contribution in [0.2, 0.25) is 0 Å². The molecule has 0 radical (unpaired) electrons. The zero-order valence-corrected chi connectivity index (χ0v) is 13.2. The Balaban J connectivity index is 3.33. The quantitative estimate of drug-likeness (QED) is 0.833. The van der Waals surface area contributed by atoms with E-state index in [9.17, 15) is 0 Å². The third-order valence-corrected chi connectivity index (χ3v) is 3.20. The molecule has 0 bridgehead atoms. The lowest BCUT2D eigenvalue weighted by Crippen LogP contribution is -2.14. The first kappa shape index (κ1) is 16.4. The van der Waals surface area contributed by atoms with E-state index in [0.29, 0.717) is 23.2 Å². The predicted octanol–water partition coefficient (Wildman–Crippen LogP) is 2.97. The molecule has 4 nitrogen and oxygen atoms in total. The van der Waals surface area contributed by atoms with Crippen LogP contribution in [0.5, 0.6) is 17.2 Å². The van der Waals surface area contributed by atoms with Crippen LogP contribution in [0.4, 0.5) is 0 Å². The van der Waals surface area contributed by atoms with E-state index in [-0.39, 0.29) is 0 Å². The minimum atomic E-state index is 0.459. The van der Waals surface area contributed by atoms with E-state index in [4.69, 9.17) is 14.2 Å². The second-order valence-electron chi connectivity index (χ2n) is 4.83. The Hall–Kier alpha value is -1.68. The summed E-state index contributed by atoms with van der Waals surface area (Å²) >= 11 is 0. The molecule has 0 aliphatic carbocycles. The number of rotatable bonds is 7. The van der Waals surface area contributed by atoms with Gasteiger partial charge >= 0.3 is 0 Å². The van der Waals surface area contributed by atoms with Gasteiger partial charge in [0.05, 0.1) is 21.3 Å². The van der Waals surface area contributed by atoms with Gasteiger partial charge < -0.3 is 19.5 Å². The van der Waals surface area contributed by atoms with Crippen molar-refractivity contribution in [3.05, 3.63) is 23.3 Å². The molecule has 1 aromatic rings. The molecule has 0 heterocycles. The number of benzene rings is 1. The van der Waals surface area contributed by atoms with Crippen LogP contribution in [0.25, 0.3) is 6.08 Å². The smallest absolute Gasteiger partial charge is 0.203 e. The first-order chi connectivity index (χ1) is 9.58. The Morgan fingerprint density at radius 1 is 1.10 bits per heavy atom. The van der Waals surface area contributed by atoms with Crippen molar-refractivity contribution >= 4 is 6.08 Å². The summed E-state index contributed by atoms with van der Waals surface area (Å²) in [6.45, 7) is 5.20. The van der Waals surface area contributed by atoms with Crippen molar-refractivity contribution in [3.8, 4) is 17.2 Å². The Morgan fingerprint density at radius 3 is 2.20 bits per heavy atom. The molecule has 0 atom stereocenters. The maximum absolute atomic E-state index is 5.50. The van der Waals surface area contributed by atoms with Crippen molar-refractivity contribution in [1.82, 2.24) is 5.32 Å². The van der Waals surface area contributed by atoms with E-state index in [0.717, 1.165) is 12.1 Å². The van der Waals surface area contributed by atoms with Crippen molar-refractivity contribution in [3.63, 3.8) is 0 Å². The van der Waals surface area contributed by atoms with Crippen LogP contribution >= 0.6 is 0 Å². The van der Waals surface area contributed by atoms with Crippen LogP contribution in [0.3, 0.4) is 0 Å². The highest BCUT2D eigenvalue weighted by Crippen LogP contribution is 2.40. The molecule has 0 saturated carbocycles. The summed E-state index contributed by atoms with van der Waals surface area (Å²) in [5, 5.41) is 3.19. The molecule has 4 heteroatoms. The first-order valence-corrected chi connectivity index (χ1v) is 6.73. The topological polar surface area (TPSA) is 39.7 Å². The van der Waals surface area contributed by atoms with Gasteiger partial charge in [-0.2, -0.15) is 0 Å². The van der Waals surface area contributed by atoms with Gasteiger partial charge in [0.25, 0.3) is 0 Å². The van der Waals surface area contributed by atoms with E-state index < -0.39 is 0 Å². The van der Waals surface area contributed by atoms with Crippen LogP contribution < -0.4 is 19.5 Å². The van der Waals surface area contributed by atoms with Crippen molar-refractivity contribution in [1.29, 1.82) is 0 Å². The van der Waals surface area contributed by atoms with E-state index in [1.54, 1.807) is 21.3 Å². The van der Waals surface area contributed by atoms with Crippen LogP contribution in [-0.2, 0) is 0 Å². The van der Waals surface area contributed by atoms with Crippen LogP contribution in [0, 0.1) is 5.92 Å². The Bertz CT molecular complexity index is 467. The van der Waals surface area contributed by atoms with Gasteiger partial charge in [0.2, 0.25) is 5.75 Å². The fourth-order valence-electron chi connectivity index (χ4n) is 2.06. The molecule has 0 aliphatic heterocycles. The number of likely N-dealkylation sites (N-methyl/N-ethyl adjacent to an activating group) is 1. The third-order valence-electron chi connectivity index (χ3n) is 3.20. The normalized spacial score (nSPS) is 11.7. The minimum Gasteiger partial charge on any atom is -0.493 e. The third kappa shape index (κ3) is 3.67. The summed E-state index contributed by atoms with van der Waals surface area (Å²) in [5.74, 6) is 2.44. The Morgan fingerprint density at radius 2 is 1.75 bits per heavy atom. The minimum absolute atomic E-state index is 0.459. The van der Waals surface area contributed by atoms with Crippen LogP contribution in [-0.4, -0.2) is 34.9 Å². The molecule has 1 aromatic carbocycles. The number of nitrogens with one attached hydrogen (secondary N) is 1. The van der Waals surface area contributed by atoms with Gasteiger partial charge in [-0.25, -0.2) is 0 Å². The molecule has 20 heavy (non-hydrogen) atoms. The largest absolute Gasteiger partial charge is 0.493 e. The summed E-state index contributed by atoms with van der Waals surface area (Å²) in [5.41, 5.74) is 2.29. The average Bonchev–Trinajstić information content (AvgIpc) is 2.45. The molecule has 0 unspecified atom stereocenters. The van der Waals surface area contributed by atoms with Crippen LogP contribution in [0.1, 0.15) is 19.4 Å². The summed E-state index contributed by atoms with van der Waals surface area (Å²) in [6.07, 6.45) is 2.14. The van der Waals surface area contributed by atoms with Crippen LogP contribution in [0.15, 0.2) is 17.7 Å². The highest BCUT2D eigenvalue weighted by molar-refractivity contribution is 5.68. The molecule has 0 spiro atoms. The van der Waals surface area contributed by atoms with Gasteiger partial charge in [-0.05, 0) is 25.1 Å². The zero-order valence-electron chi connectivity index (χ0n) is 13.2. The van der Waals surface area contributed by atoms with E-state index in [1.165, 1.54) is 5.57 Å². The van der Waals surface area contributed by atoms with Gasteiger partial charge in [-0.3, -0.25) is 0 Å². The fraction of sp³-hybridized carbons (Fsp3) is 0.500. The number of hydrogen-bond acceptors (Lipinski definition) is 4. The number of ether oxygens (including phenoxy) is 3. The Kier molecular flexibility index (Phi) is 6.39. The van der Waals surface area contributed by atoms with E-state index in [2.05, 4.69) is 25.2 Å². The monoisotopic (exact) mass is 279 g/mol. The Labute approximate surface area is 121 Å². The lowest BCUT2D eigenvalue weighted by molar-refractivity contribution is 0.324. The molecular formula is C16H25NO3. The lowest BCUT2D eigenvalue weighted by atomic mass is 9.99. The molecule has 0 fully saturated rings. The van der Waals surface area contributed by atoms with E-state index >= 15 is 0 Å². The molecule has 0 saturated heterocycles. The standard InChI is InChI=1S/C16H25NO3/c1-11(2)13(10-17-3)9-12-7-8-14(18-4)16(20-6)15(12)19-5/h7-9,11,17H,10H2,1-6H3. The molecule has 112 valence electrons. The lowest BCUT2D eigenvalue weighted by Gasteiger charge is -2.16. The van der Waals surface area contributed by atoms with Gasteiger partial charge in [-0.15, -0.1) is 0 Å². The summed E-state index contributed by atoms with van der Waals surface area (Å²) in [7, 11) is 6.82. The summed E-state index contributed by atoms with van der Waals surface area (Å²) < 4.78 is 16.2. The van der Waals surface area contributed by atoms with Gasteiger partial charge in [0.15, 0.2) is 11.5 Å². The predicted molar refractivity (Wildman–Crippen MR) is 82.8 cm³/mol. The highest BCUT2D eigenvalue weighted by atomic mass is 16.5. The second kappa shape index (κ2) is 7.80. The molecule has 1 rings (SSSR count). The van der Waals surface area contributed by atoms with Gasteiger partial charge in [0, 0.05) is 12.1 Å². The van der Waals surface area contributed by atoms with Gasteiger partial charge in [0.1, 0.15) is 0 Å². The average molecular weight is 279 g/mol. The van der Waals surface area contributed by atoms with Crippen molar-refractivity contribution in [2.24, 2.45) is 5.92 Å². The number of hydrogen-bond donors (Lipinski definition) is 1. The number of methoxy groups -OCH3 is 3. The second-order valence-corrected chi connectivity index (χ2v) is 4.83. The van der Waals surface area contributed by atoms with E-state index in [1.807, 2.05) is 19.2 Å². The zero-order chi connectivity index (χ0) is 15.1. The summed E-state index contributed by atoms with van der Waals surface area (Å²) in [6, 6.07) is 3.88. The van der Waals surface area contributed by atoms with Gasteiger partial charge in [-0.1, -0.05) is 25.5 Å². The maximum atomic E-state index is 5.50. The highest BCUT2D eigenvalue weighted by Gasteiger charge is 2.15. The first-order valence-electron chi connectivity index (χ1n) is 6.73. The van der Waals surface area contributed by atoms with Crippen molar-refractivity contribution < 1.29 is 14.2 Å². The van der Waals surface area contributed by atoms with Crippen molar-refractivity contribution in [2.75, 3.05) is 34.9 Å². The SMILES string of the molecule is CNCC(=Cc1ccc(OC)c(OC)c1OC)C(C)C. The molecule has 0 amide bonds. The van der Waals surface area contributed by atoms with Crippen molar-refractivity contribution in [2.45, 2.75) is 13.8 Å². The molecule has 0 aliphatic rings. The summed E-state index contributed by atoms with van der Waals surface area (Å²) in [4.78, 5) is 0.